The van der Waals surface area contributed by atoms with Gasteiger partial charge in [-0.2, -0.15) is 0 Å². The molecule has 0 saturated heterocycles. The van der Waals surface area contributed by atoms with Crippen molar-refractivity contribution in [2.24, 2.45) is 5.73 Å². The molecule has 28 heavy (non-hydrogen) atoms. The predicted molar refractivity (Wildman–Crippen MR) is 105 cm³/mol. The Morgan fingerprint density at radius 1 is 0.929 bits per heavy atom. The van der Waals surface area contributed by atoms with Gasteiger partial charge < -0.3 is 20.1 Å². The fourth-order valence-corrected chi connectivity index (χ4v) is 3.05. The number of hydrogen-bond acceptors (Lipinski definition) is 4. The molecule has 6 heteroatoms. The van der Waals surface area contributed by atoms with Crippen molar-refractivity contribution in [3.8, 4) is 17.2 Å². The van der Waals surface area contributed by atoms with E-state index >= 15 is 0 Å². The minimum atomic E-state index is -0.900. The minimum absolute atomic E-state index is 0.0505. The van der Waals surface area contributed by atoms with E-state index in [0.29, 0.717) is 28.5 Å². The molecule has 2 N–H and O–H groups in total. The fraction of sp³-hybridized carbons (Fsp3) is 0.0909. The normalized spacial score (nSPS) is 15.3. The van der Waals surface area contributed by atoms with Crippen LogP contribution in [-0.2, 0) is 4.79 Å². The van der Waals surface area contributed by atoms with Crippen molar-refractivity contribution >= 4 is 17.5 Å². The highest BCUT2D eigenvalue weighted by atomic mass is 16.5. The average Bonchev–Trinajstić information content (AvgIpc) is 2.73. The highest BCUT2D eigenvalue weighted by Crippen LogP contribution is 2.34. The number of carbonyl (C=O) groups excluding carboxylic acids is 2. The van der Waals surface area contributed by atoms with Crippen LogP contribution in [0.4, 0.5) is 5.69 Å². The van der Waals surface area contributed by atoms with Crippen molar-refractivity contribution in [1.29, 1.82) is 0 Å². The largest absolute Gasteiger partial charge is 0.477 e. The molecule has 3 aromatic rings. The molecule has 0 aromatic heterocycles. The molecule has 1 heterocycles. The van der Waals surface area contributed by atoms with Crippen LogP contribution in [0.3, 0.4) is 0 Å². The quantitative estimate of drug-likeness (QED) is 0.759. The Labute approximate surface area is 162 Å². The standard InChI is InChI=1S/C22H18N2O4/c23-21(25)20-14-24(18-11-4-5-12-19(18)28-20)22(26)15-7-6-10-17(13-15)27-16-8-2-1-3-9-16/h1-13,20H,14H2,(H2,23,25). The molecule has 1 aliphatic heterocycles. The summed E-state index contributed by atoms with van der Waals surface area (Å²) in [6.45, 7) is 0.0505. The molecule has 1 atom stereocenters. The van der Waals surface area contributed by atoms with Gasteiger partial charge in [0.2, 0.25) is 0 Å². The van der Waals surface area contributed by atoms with Crippen LogP contribution in [0.25, 0.3) is 0 Å². The van der Waals surface area contributed by atoms with Crippen molar-refractivity contribution < 1.29 is 19.1 Å². The first-order chi connectivity index (χ1) is 13.6. The molecular formula is C22H18N2O4. The van der Waals surface area contributed by atoms with Crippen LogP contribution in [-0.4, -0.2) is 24.5 Å². The third-order valence-corrected chi connectivity index (χ3v) is 4.40. The fourth-order valence-electron chi connectivity index (χ4n) is 3.05. The number of amides is 2. The lowest BCUT2D eigenvalue weighted by atomic mass is 10.1. The molecule has 2 amide bonds. The van der Waals surface area contributed by atoms with Crippen molar-refractivity contribution in [2.75, 3.05) is 11.4 Å². The molecule has 140 valence electrons. The third-order valence-electron chi connectivity index (χ3n) is 4.40. The molecule has 0 bridgehead atoms. The van der Waals surface area contributed by atoms with Gasteiger partial charge in [-0.1, -0.05) is 36.4 Å². The Bertz CT molecular complexity index is 1020. The van der Waals surface area contributed by atoms with E-state index in [0.717, 1.165) is 0 Å². The zero-order valence-corrected chi connectivity index (χ0v) is 14.9. The third kappa shape index (κ3) is 3.53. The van der Waals surface area contributed by atoms with Crippen molar-refractivity contribution in [1.82, 2.24) is 0 Å². The summed E-state index contributed by atoms with van der Waals surface area (Å²) in [6, 6.07) is 23.3. The van der Waals surface area contributed by atoms with E-state index in [4.69, 9.17) is 15.2 Å². The monoisotopic (exact) mass is 374 g/mol. The van der Waals surface area contributed by atoms with Gasteiger partial charge in [-0.05, 0) is 42.5 Å². The molecule has 1 aliphatic rings. The van der Waals surface area contributed by atoms with Crippen molar-refractivity contribution in [2.45, 2.75) is 6.10 Å². The highest BCUT2D eigenvalue weighted by molar-refractivity contribution is 6.08. The highest BCUT2D eigenvalue weighted by Gasteiger charge is 2.33. The molecule has 0 radical (unpaired) electrons. The second-order valence-electron chi connectivity index (χ2n) is 6.34. The maximum absolute atomic E-state index is 13.2. The van der Waals surface area contributed by atoms with Crippen molar-refractivity contribution in [3.63, 3.8) is 0 Å². The number of primary amides is 1. The SMILES string of the molecule is NC(=O)C1CN(C(=O)c2cccc(Oc3ccccc3)c2)c2ccccc2O1. The predicted octanol–water partition coefficient (Wildman–Crippen LogP) is 3.37. The van der Waals surface area contributed by atoms with Gasteiger partial charge in [-0.3, -0.25) is 9.59 Å². The minimum Gasteiger partial charge on any atom is -0.477 e. The number of nitrogens with zero attached hydrogens (tertiary/aromatic N) is 1. The van der Waals surface area contributed by atoms with Gasteiger partial charge >= 0.3 is 0 Å². The summed E-state index contributed by atoms with van der Waals surface area (Å²) in [5.41, 5.74) is 6.45. The number of benzene rings is 3. The first kappa shape index (κ1) is 17.6. The molecule has 4 rings (SSSR count). The molecule has 0 saturated carbocycles. The zero-order valence-electron chi connectivity index (χ0n) is 14.9. The number of para-hydroxylation sites is 3. The molecule has 0 spiro atoms. The van der Waals surface area contributed by atoms with E-state index in [1.54, 1.807) is 42.5 Å². The summed E-state index contributed by atoms with van der Waals surface area (Å²) < 4.78 is 11.4. The van der Waals surface area contributed by atoms with Crippen LogP contribution < -0.4 is 20.1 Å². The first-order valence-corrected chi connectivity index (χ1v) is 8.81. The molecule has 3 aromatic carbocycles. The molecule has 0 fully saturated rings. The smallest absolute Gasteiger partial charge is 0.260 e. The Balaban J connectivity index is 1.64. The lowest BCUT2D eigenvalue weighted by Crippen LogP contribution is -2.49. The molecule has 6 nitrogen and oxygen atoms in total. The van der Waals surface area contributed by atoms with E-state index in [1.165, 1.54) is 4.90 Å². The van der Waals surface area contributed by atoms with Crippen molar-refractivity contribution in [3.05, 3.63) is 84.4 Å². The first-order valence-electron chi connectivity index (χ1n) is 8.81. The van der Waals surface area contributed by atoms with Crippen LogP contribution in [0, 0.1) is 0 Å². The van der Waals surface area contributed by atoms with Gasteiger partial charge in [0, 0.05) is 5.56 Å². The summed E-state index contributed by atoms with van der Waals surface area (Å²) in [5, 5.41) is 0. The second-order valence-corrected chi connectivity index (χ2v) is 6.34. The van der Waals surface area contributed by atoms with Gasteiger partial charge in [-0.25, -0.2) is 0 Å². The molecule has 1 unspecified atom stereocenters. The average molecular weight is 374 g/mol. The Morgan fingerprint density at radius 3 is 2.43 bits per heavy atom. The zero-order chi connectivity index (χ0) is 19.5. The van der Waals surface area contributed by atoms with E-state index in [2.05, 4.69) is 0 Å². The number of ether oxygens (including phenoxy) is 2. The number of hydrogen-bond donors (Lipinski definition) is 1. The number of fused-ring (bicyclic) bond motifs is 1. The lowest BCUT2D eigenvalue weighted by Gasteiger charge is -2.33. The van der Waals surface area contributed by atoms with E-state index in [9.17, 15) is 9.59 Å². The van der Waals surface area contributed by atoms with Crippen LogP contribution in [0.15, 0.2) is 78.9 Å². The summed E-state index contributed by atoms with van der Waals surface area (Å²) in [5.74, 6) is 0.791. The van der Waals surface area contributed by atoms with Gasteiger partial charge in [0.1, 0.15) is 17.2 Å². The number of carbonyl (C=O) groups is 2. The topological polar surface area (TPSA) is 81.9 Å². The lowest BCUT2D eigenvalue weighted by molar-refractivity contribution is -0.124. The molecular weight excluding hydrogens is 356 g/mol. The van der Waals surface area contributed by atoms with Gasteiger partial charge in [-0.15, -0.1) is 0 Å². The van der Waals surface area contributed by atoms with Crippen LogP contribution in [0.2, 0.25) is 0 Å². The van der Waals surface area contributed by atoms with Crippen LogP contribution in [0.5, 0.6) is 17.2 Å². The second kappa shape index (κ2) is 7.44. The van der Waals surface area contributed by atoms with E-state index < -0.39 is 12.0 Å². The van der Waals surface area contributed by atoms with Gasteiger partial charge in [0.25, 0.3) is 11.8 Å². The van der Waals surface area contributed by atoms with E-state index in [-0.39, 0.29) is 12.5 Å². The Kier molecular flexibility index (Phi) is 4.68. The van der Waals surface area contributed by atoms with Crippen LogP contribution in [0.1, 0.15) is 10.4 Å². The number of anilines is 1. The van der Waals surface area contributed by atoms with Crippen LogP contribution >= 0.6 is 0 Å². The summed E-state index contributed by atoms with van der Waals surface area (Å²) in [7, 11) is 0. The van der Waals surface area contributed by atoms with Gasteiger partial charge in [0.15, 0.2) is 6.10 Å². The van der Waals surface area contributed by atoms with Gasteiger partial charge in [0.05, 0.1) is 12.2 Å². The summed E-state index contributed by atoms with van der Waals surface area (Å²) in [6.07, 6.45) is -0.900. The Morgan fingerprint density at radius 2 is 1.64 bits per heavy atom. The summed E-state index contributed by atoms with van der Waals surface area (Å²) in [4.78, 5) is 26.4. The number of rotatable bonds is 4. The Hall–Kier alpha value is -3.80. The molecule has 0 aliphatic carbocycles. The summed E-state index contributed by atoms with van der Waals surface area (Å²) >= 11 is 0. The maximum Gasteiger partial charge on any atom is 0.260 e. The van der Waals surface area contributed by atoms with E-state index in [1.807, 2.05) is 36.4 Å². The number of nitrogens with two attached hydrogens (primary N) is 1. The maximum atomic E-state index is 13.2.